The fraction of sp³-hybridized carbons (Fsp3) is 0.833. The normalized spacial score (nSPS) is 12.7. The van der Waals surface area contributed by atoms with Crippen molar-refractivity contribution in [1.82, 2.24) is 10.3 Å². The summed E-state index contributed by atoms with van der Waals surface area (Å²) in [4.78, 5) is 5.86. The Labute approximate surface area is 135 Å². The number of unbranched alkanes of at least 4 members (excludes halogenated alkanes) is 7. The average molecular weight is 311 g/mol. The van der Waals surface area contributed by atoms with Gasteiger partial charge >= 0.3 is 0 Å². The van der Waals surface area contributed by atoms with E-state index in [1.54, 1.807) is 0 Å². The van der Waals surface area contributed by atoms with Crippen LogP contribution in [-0.4, -0.2) is 11.5 Å². The quantitative estimate of drug-likeness (QED) is 0.450. The highest BCUT2D eigenvalue weighted by Crippen LogP contribution is 2.26. The second-order valence-electron chi connectivity index (χ2n) is 6.07. The predicted molar refractivity (Wildman–Crippen MR) is 95.1 cm³/mol. The molecule has 1 rings (SSSR count). The van der Waals surface area contributed by atoms with E-state index in [1.165, 1.54) is 74.8 Å². The van der Waals surface area contributed by atoms with E-state index in [-0.39, 0.29) is 0 Å². The Hall–Kier alpha value is -0.410. The van der Waals surface area contributed by atoms with Crippen LogP contribution in [0.1, 0.15) is 94.7 Å². The van der Waals surface area contributed by atoms with Gasteiger partial charge in [0.1, 0.15) is 0 Å². The molecule has 1 heterocycles. The van der Waals surface area contributed by atoms with Gasteiger partial charge in [0.15, 0.2) is 0 Å². The van der Waals surface area contributed by atoms with Crippen molar-refractivity contribution in [1.29, 1.82) is 0 Å². The third kappa shape index (κ3) is 7.96. The smallest absolute Gasteiger partial charge is 0.0798 e. The summed E-state index contributed by atoms with van der Waals surface area (Å²) in [6.45, 7) is 7.77. The number of rotatable bonds is 13. The first kappa shape index (κ1) is 18.6. The van der Waals surface area contributed by atoms with E-state index in [4.69, 9.17) is 0 Å². The standard InChI is InChI=1S/C18H34N2S/c1-4-6-7-8-9-10-11-12-13-17(19-14-5-2)18-16(3)20-15-21-18/h15,17,19H,4-14H2,1-3H3. The molecule has 1 unspecified atom stereocenters. The molecule has 0 spiro atoms. The largest absolute Gasteiger partial charge is 0.309 e. The van der Waals surface area contributed by atoms with Crippen molar-refractivity contribution in [3.63, 3.8) is 0 Å². The van der Waals surface area contributed by atoms with Crippen molar-refractivity contribution in [3.05, 3.63) is 16.1 Å². The summed E-state index contributed by atoms with van der Waals surface area (Å²) in [5.41, 5.74) is 3.20. The lowest BCUT2D eigenvalue weighted by atomic mass is 10.0. The summed E-state index contributed by atoms with van der Waals surface area (Å²) < 4.78 is 0. The molecule has 1 atom stereocenters. The summed E-state index contributed by atoms with van der Waals surface area (Å²) in [5, 5.41) is 3.70. The molecule has 0 saturated carbocycles. The Kier molecular flexibility index (Phi) is 10.8. The number of hydrogen-bond acceptors (Lipinski definition) is 3. The number of aryl methyl sites for hydroxylation is 1. The predicted octanol–water partition coefficient (Wildman–Crippen LogP) is 6.02. The SMILES string of the molecule is CCCCCCCCCCC(NCCC)c1scnc1C. The fourth-order valence-corrected chi connectivity index (χ4v) is 3.69. The van der Waals surface area contributed by atoms with Gasteiger partial charge in [0, 0.05) is 10.9 Å². The van der Waals surface area contributed by atoms with Crippen LogP contribution in [0.2, 0.25) is 0 Å². The minimum atomic E-state index is 0.526. The van der Waals surface area contributed by atoms with Crippen LogP contribution in [0.15, 0.2) is 5.51 Å². The van der Waals surface area contributed by atoms with Gasteiger partial charge in [-0.1, -0.05) is 65.2 Å². The van der Waals surface area contributed by atoms with Crippen LogP contribution < -0.4 is 5.32 Å². The number of nitrogens with zero attached hydrogens (tertiary/aromatic N) is 1. The van der Waals surface area contributed by atoms with Gasteiger partial charge in [0.2, 0.25) is 0 Å². The van der Waals surface area contributed by atoms with Crippen LogP contribution >= 0.6 is 11.3 Å². The van der Waals surface area contributed by atoms with Gasteiger partial charge in [-0.2, -0.15) is 0 Å². The van der Waals surface area contributed by atoms with Crippen molar-refractivity contribution < 1.29 is 0 Å². The molecule has 0 fully saturated rings. The van der Waals surface area contributed by atoms with Gasteiger partial charge in [0.25, 0.3) is 0 Å². The van der Waals surface area contributed by atoms with Gasteiger partial charge in [-0.05, 0) is 26.3 Å². The first-order valence-corrected chi connectivity index (χ1v) is 9.80. The third-order valence-electron chi connectivity index (χ3n) is 4.09. The van der Waals surface area contributed by atoms with Crippen LogP contribution in [-0.2, 0) is 0 Å². The molecular formula is C18H34N2S. The van der Waals surface area contributed by atoms with Crippen LogP contribution in [0.3, 0.4) is 0 Å². The molecule has 0 radical (unpaired) electrons. The van der Waals surface area contributed by atoms with Gasteiger partial charge < -0.3 is 5.32 Å². The minimum Gasteiger partial charge on any atom is -0.309 e. The maximum absolute atomic E-state index is 4.41. The monoisotopic (exact) mass is 310 g/mol. The zero-order valence-electron chi connectivity index (χ0n) is 14.3. The summed E-state index contributed by atoms with van der Waals surface area (Å²) in [6, 6.07) is 0.526. The number of aromatic nitrogens is 1. The number of thiazole rings is 1. The van der Waals surface area contributed by atoms with Crippen molar-refractivity contribution in [2.24, 2.45) is 0 Å². The van der Waals surface area contributed by atoms with Crippen LogP contribution in [0.4, 0.5) is 0 Å². The molecule has 0 aliphatic carbocycles. The second-order valence-corrected chi connectivity index (χ2v) is 6.96. The number of nitrogens with one attached hydrogen (secondary N) is 1. The summed E-state index contributed by atoms with van der Waals surface area (Å²) in [6.07, 6.45) is 13.6. The zero-order chi connectivity index (χ0) is 15.3. The van der Waals surface area contributed by atoms with Crippen molar-refractivity contribution >= 4 is 11.3 Å². The Morgan fingerprint density at radius 1 is 1.00 bits per heavy atom. The Balaban J connectivity index is 2.20. The summed E-state index contributed by atoms with van der Waals surface area (Å²) in [5.74, 6) is 0. The molecule has 0 saturated heterocycles. The maximum Gasteiger partial charge on any atom is 0.0798 e. The lowest BCUT2D eigenvalue weighted by Crippen LogP contribution is -2.22. The first-order valence-electron chi connectivity index (χ1n) is 8.92. The summed E-state index contributed by atoms with van der Waals surface area (Å²) >= 11 is 1.81. The van der Waals surface area contributed by atoms with E-state index >= 15 is 0 Å². The van der Waals surface area contributed by atoms with Crippen LogP contribution in [0.5, 0.6) is 0 Å². The van der Waals surface area contributed by atoms with Crippen LogP contribution in [0, 0.1) is 6.92 Å². The Morgan fingerprint density at radius 3 is 2.24 bits per heavy atom. The highest BCUT2D eigenvalue weighted by atomic mass is 32.1. The molecule has 122 valence electrons. The molecule has 0 bridgehead atoms. The van der Waals surface area contributed by atoms with Crippen molar-refractivity contribution in [2.45, 2.75) is 91.0 Å². The van der Waals surface area contributed by atoms with Crippen LogP contribution in [0.25, 0.3) is 0 Å². The maximum atomic E-state index is 4.41. The molecule has 0 aliphatic rings. The Bertz CT molecular complexity index is 349. The summed E-state index contributed by atoms with van der Waals surface area (Å²) in [7, 11) is 0. The fourth-order valence-electron chi connectivity index (χ4n) is 2.77. The van der Waals surface area contributed by atoms with Gasteiger partial charge in [0.05, 0.1) is 11.2 Å². The van der Waals surface area contributed by atoms with E-state index < -0.39 is 0 Å². The zero-order valence-corrected chi connectivity index (χ0v) is 15.1. The van der Waals surface area contributed by atoms with E-state index in [1.807, 2.05) is 16.8 Å². The Morgan fingerprint density at radius 2 is 1.67 bits per heavy atom. The highest BCUT2D eigenvalue weighted by molar-refractivity contribution is 7.09. The lowest BCUT2D eigenvalue weighted by Gasteiger charge is -2.17. The molecular weight excluding hydrogens is 276 g/mol. The van der Waals surface area contributed by atoms with Gasteiger partial charge in [-0.3, -0.25) is 0 Å². The topological polar surface area (TPSA) is 24.9 Å². The molecule has 2 nitrogen and oxygen atoms in total. The van der Waals surface area contributed by atoms with E-state index in [0.29, 0.717) is 6.04 Å². The molecule has 21 heavy (non-hydrogen) atoms. The third-order valence-corrected chi connectivity index (χ3v) is 5.13. The second kappa shape index (κ2) is 12.2. The van der Waals surface area contributed by atoms with E-state index in [2.05, 4.69) is 31.1 Å². The van der Waals surface area contributed by atoms with Gasteiger partial charge in [-0.25, -0.2) is 4.98 Å². The minimum absolute atomic E-state index is 0.526. The molecule has 3 heteroatoms. The molecule has 1 aromatic heterocycles. The van der Waals surface area contributed by atoms with Crippen molar-refractivity contribution in [3.8, 4) is 0 Å². The van der Waals surface area contributed by atoms with Gasteiger partial charge in [-0.15, -0.1) is 11.3 Å². The van der Waals surface area contributed by atoms with E-state index in [9.17, 15) is 0 Å². The molecule has 1 aromatic rings. The lowest BCUT2D eigenvalue weighted by molar-refractivity contribution is 0.468. The number of hydrogen-bond donors (Lipinski definition) is 1. The van der Waals surface area contributed by atoms with Crippen molar-refractivity contribution in [2.75, 3.05) is 6.54 Å². The first-order chi connectivity index (χ1) is 10.3. The molecule has 0 amide bonds. The molecule has 1 N–H and O–H groups in total. The average Bonchev–Trinajstić information content (AvgIpc) is 2.91. The molecule has 0 aromatic carbocycles. The highest BCUT2D eigenvalue weighted by Gasteiger charge is 2.14. The van der Waals surface area contributed by atoms with E-state index in [0.717, 1.165) is 6.54 Å². The molecule has 0 aliphatic heterocycles.